The second-order valence-corrected chi connectivity index (χ2v) is 4.26. The van der Waals surface area contributed by atoms with Crippen molar-refractivity contribution >= 4 is 17.3 Å². The van der Waals surface area contributed by atoms with E-state index in [1.54, 1.807) is 12.1 Å². The topological polar surface area (TPSA) is 66.6 Å². The number of carbonyl (C=O) groups is 1. The Hall–Kier alpha value is -1.71. The molecule has 0 aliphatic carbocycles. The average Bonchev–Trinajstić information content (AvgIpc) is 2.64. The highest BCUT2D eigenvalue weighted by molar-refractivity contribution is 5.90. The van der Waals surface area contributed by atoms with E-state index in [1.165, 1.54) is 18.9 Å². The summed E-state index contributed by atoms with van der Waals surface area (Å²) >= 11 is 0. The van der Waals surface area contributed by atoms with Crippen LogP contribution in [0.4, 0.5) is 11.4 Å². The number of anilines is 2. The van der Waals surface area contributed by atoms with Crippen LogP contribution in [0.5, 0.6) is 0 Å². The zero-order valence-corrected chi connectivity index (χ0v) is 9.31. The summed E-state index contributed by atoms with van der Waals surface area (Å²) < 4.78 is 0. The Labute approximate surface area is 94.7 Å². The second kappa shape index (κ2) is 4.04. The zero-order valence-electron chi connectivity index (χ0n) is 9.31. The molecule has 0 spiro atoms. The SMILES string of the molecule is CC1CCCN1c1ccc(C(=O)O)cc1N. The Balaban J connectivity index is 2.32. The number of nitrogen functional groups attached to an aromatic ring is 1. The van der Waals surface area contributed by atoms with E-state index in [0.29, 0.717) is 11.7 Å². The van der Waals surface area contributed by atoms with Crippen molar-refractivity contribution in [2.45, 2.75) is 25.8 Å². The van der Waals surface area contributed by atoms with Crippen LogP contribution in [0.3, 0.4) is 0 Å². The number of aromatic carboxylic acids is 1. The molecule has 1 aliphatic heterocycles. The molecule has 2 rings (SSSR count). The lowest BCUT2D eigenvalue weighted by atomic mass is 10.1. The first-order chi connectivity index (χ1) is 7.59. The summed E-state index contributed by atoms with van der Waals surface area (Å²) in [6.07, 6.45) is 2.33. The van der Waals surface area contributed by atoms with Gasteiger partial charge in [-0.3, -0.25) is 0 Å². The number of carboxylic acid groups (broad SMARTS) is 1. The van der Waals surface area contributed by atoms with E-state index in [1.807, 2.05) is 0 Å². The molecule has 4 heteroatoms. The maximum absolute atomic E-state index is 10.8. The number of nitrogens with zero attached hydrogens (tertiary/aromatic N) is 1. The molecule has 1 aromatic carbocycles. The lowest BCUT2D eigenvalue weighted by Gasteiger charge is -2.25. The van der Waals surface area contributed by atoms with E-state index in [2.05, 4.69) is 11.8 Å². The number of hydrogen-bond acceptors (Lipinski definition) is 3. The minimum atomic E-state index is -0.937. The van der Waals surface area contributed by atoms with Gasteiger partial charge in [0.1, 0.15) is 0 Å². The highest BCUT2D eigenvalue weighted by Gasteiger charge is 2.22. The van der Waals surface area contributed by atoms with Gasteiger partial charge >= 0.3 is 5.97 Å². The highest BCUT2D eigenvalue weighted by atomic mass is 16.4. The van der Waals surface area contributed by atoms with Crippen LogP contribution in [0.2, 0.25) is 0 Å². The van der Waals surface area contributed by atoms with Gasteiger partial charge in [0.05, 0.1) is 16.9 Å². The summed E-state index contributed by atoms with van der Waals surface area (Å²) in [5, 5.41) is 8.85. The van der Waals surface area contributed by atoms with Gasteiger partial charge in [-0.25, -0.2) is 4.79 Å². The molecule has 0 aromatic heterocycles. The number of benzene rings is 1. The molecular weight excluding hydrogens is 204 g/mol. The molecule has 4 nitrogen and oxygen atoms in total. The molecule has 16 heavy (non-hydrogen) atoms. The van der Waals surface area contributed by atoms with Gasteiger partial charge in [0, 0.05) is 12.6 Å². The van der Waals surface area contributed by atoms with Crippen LogP contribution >= 0.6 is 0 Å². The monoisotopic (exact) mass is 220 g/mol. The maximum atomic E-state index is 10.8. The molecule has 86 valence electrons. The summed E-state index contributed by atoms with van der Waals surface area (Å²) in [7, 11) is 0. The normalized spacial score (nSPS) is 20.1. The first kappa shape index (κ1) is 10.8. The van der Waals surface area contributed by atoms with Gasteiger partial charge in [-0.05, 0) is 38.0 Å². The first-order valence-electron chi connectivity index (χ1n) is 5.49. The smallest absolute Gasteiger partial charge is 0.335 e. The van der Waals surface area contributed by atoms with Crippen molar-refractivity contribution in [3.63, 3.8) is 0 Å². The van der Waals surface area contributed by atoms with Crippen LogP contribution in [0, 0.1) is 0 Å². The summed E-state index contributed by atoms with van der Waals surface area (Å²) in [6.45, 7) is 3.16. The van der Waals surface area contributed by atoms with E-state index < -0.39 is 5.97 Å². The molecule has 0 amide bonds. The van der Waals surface area contributed by atoms with E-state index in [-0.39, 0.29) is 5.56 Å². The van der Waals surface area contributed by atoms with Gasteiger partial charge in [0.25, 0.3) is 0 Å². The number of rotatable bonds is 2. The molecule has 1 atom stereocenters. The molecule has 1 saturated heterocycles. The van der Waals surface area contributed by atoms with Crippen LogP contribution in [-0.4, -0.2) is 23.7 Å². The lowest BCUT2D eigenvalue weighted by molar-refractivity contribution is 0.0697. The van der Waals surface area contributed by atoms with E-state index >= 15 is 0 Å². The summed E-state index contributed by atoms with van der Waals surface area (Å²) in [5.74, 6) is -0.937. The number of hydrogen-bond donors (Lipinski definition) is 2. The predicted molar refractivity (Wildman–Crippen MR) is 63.9 cm³/mol. The van der Waals surface area contributed by atoms with Crippen LogP contribution in [0.1, 0.15) is 30.1 Å². The van der Waals surface area contributed by atoms with Crippen molar-refractivity contribution in [1.82, 2.24) is 0 Å². The molecular formula is C12H16N2O2. The molecule has 1 fully saturated rings. The third kappa shape index (κ3) is 1.83. The van der Waals surface area contributed by atoms with Crippen molar-refractivity contribution in [2.75, 3.05) is 17.2 Å². The fourth-order valence-electron chi connectivity index (χ4n) is 2.24. The van der Waals surface area contributed by atoms with Crippen molar-refractivity contribution < 1.29 is 9.90 Å². The third-order valence-corrected chi connectivity index (χ3v) is 3.14. The summed E-state index contributed by atoms with van der Waals surface area (Å²) in [6, 6.07) is 5.43. The lowest BCUT2D eigenvalue weighted by Crippen LogP contribution is -2.27. The minimum absolute atomic E-state index is 0.244. The molecule has 0 saturated carbocycles. The molecule has 0 bridgehead atoms. The van der Waals surface area contributed by atoms with Gasteiger partial charge in [0.2, 0.25) is 0 Å². The Morgan fingerprint density at radius 3 is 2.81 bits per heavy atom. The molecule has 1 aromatic rings. The summed E-state index contributed by atoms with van der Waals surface area (Å²) in [5.41, 5.74) is 7.64. The van der Waals surface area contributed by atoms with Crippen LogP contribution in [0.25, 0.3) is 0 Å². The molecule has 1 aliphatic rings. The van der Waals surface area contributed by atoms with E-state index in [4.69, 9.17) is 10.8 Å². The average molecular weight is 220 g/mol. The second-order valence-electron chi connectivity index (χ2n) is 4.26. The van der Waals surface area contributed by atoms with Crippen molar-refractivity contribution in [3.8, 4) is 0 Å². The Bertz CT molecular complexity index is 417. The standard InChI is InChI=1S/C12H16N2O2/c1-8-3-2-6-14(8)11-5-4-9(12(15)16)7-10(11)13/h4-5,7-8H,2-3,6,13H2,1H3,(H,15,16). The fourth-order valence-corrected chi connectivity index (χ4v) is 2.24. The predicted octanol–water partition coefficient (Wildman–Crippen LogP) is 1.96. The molecule has 1 heterocycles. The fraction of sp³-hybridized carbons (Fsp3) is 0.417. The third-order valence-electron chi connectivity index (χ3n) is 3.14. The van der Waals surface area contributed by atoms with Gasteiger partial charge in [0.15, 0.2) is 0 Å². The number of nitrogens with two attached hydrogens (primary N) is 1. The van der Waals surface area contributed by atoms with Gasteiger partial charge in [-0.2, -0.15) is 0 Å². The molecule has 0 radical (unpaired) electrons. The van der Waals surface area contributed by atoms with Gasteiger partial charge in [-0.15, -0.1) is 0 Å². The largest absolute Gasteiger partial charge is 0.478 e. The molecule has 1 unspecified atom stereocenters. The van der Waals surface area contributed by atoms with Crippen LogP contribution < -0.4 is 10.6 Å². The summed E-state index contributed by atoms with van der Waals surface area (Å²) in [4.78, 5) is 13.0. The quantitative estimate of drug-likeness (QED) is 0.748. The first-order valence-corrected chi connectivity index (χ1v) is 5.49. The number of carboxylic acids is 1. The van der Waals surface area contributed by atoms with Crippen molar-refractivity contribution in [1.29, 1.82) is 0 Å². The van der Waals surface area contributed by atoms with Gasteiger partial charge < -0.3 is 15.7 Å². The van der Waals surface area contributed by atoms with Crippen LogP contribution in [-0.2, 0) is 0 Å². The Morgan fingerprint density at radius 2 is 2.31 bits per heavy atom. The van der Waals surface area contributed by atoms with Crippen LogP contribution in [0.15, 0.2) is 18.2 Å². The van der Waals surface area contributed by atoms with Gasteiger partial charge in [-0.1, -0.05) is 0 Å². The highest BCUT2D eigenvalue weighted by Crippen LogP contribution is 2.30. The Kier molecular flexibility index (Phi) is 2.73. The zero-order chi connectivity index (χ0) is 11.7. The minimum Gasteiger partial charge on any atom is -0.478 e. The van der Waals surface area contributed by atoms with Crippen molar-refractivity contribution in [3.05, 3.63) is 23.8 Å². The van der Waals surface area contributed by atoms with E-state index in [9.17, 15) is 4.79 Å². The Morgan fingerprint density at radius 1 is 1.56 bits per heavy atom. The van der Waals surface area contributed by atoms with Crippen molar-refractivity contribution in [2.24, 2.45) is 0 Å². The molecule has 3 N–H and O–H groups in total. The van der Waals surface area contributed by atoms with E-state index in [0.717, 1.165) is 12.2 Å². The maximum Gasteiger partial charge on any atom is 0.335 e.